The molecule has 0 aliphatic carbocycles. The van der Waals surface area contributed by atoms with E-state index in [9.17, 15) is 9.59 Å². The molecule has 0 saturated carbocycles. The van der Waals surface area contributed by atoms with Crippen LogP contribution in [-0.2, 0) is 16.1 Å². The summed E-state index contributed by atoms with van der Waals surface area (Å²) >= 11 is 0. The number of hydrogen-bond acceptors (Lipinski definition) is 5. The third kappa shape index (κ3) is 3.72. The summed E-state index contributed by atoms with van der Waals surface area (Å²) in [6, 6.07) is 7.66. The summed E-state index contributed by atoms with van der Waals surface area (Å²) in [6.07, 6.45) is 5.47. The van der Waals surface area contributed by atoms with Gasteiger partial charge in [-0.3, -0.25) is 9.59 Å². The summed E-state index contributed by atoms with van der Waals surface area (Å²) in [5.74, 6) is 0.841. The Balaban J connectivity index is 1.55. The monoisotopic (exact) mass is 383 g/mol. The van der Waals surface area contributed by atoms with Crippen LogP contribution in [0, 0.1) is 0 Å². The molecule has 0 bridgehead atoms. The largest absolute Gasteiger partial charge is 0.487 e. The van der Waals surface area contributed by atoms with Gasteiger partial charge in [-0.1, -0.05) is 18.2 Å². The van der Waals surface area contributed by atoms with Crippen molar-refractivity contribution < 1.29 is 14.3 Å². The molecule has 1 spiro atoms. The van der Waals surface area contributed by atoms with E-state index in [0.717, 1.165) is 17.7 Å². The number of benzene rings is 1. The molecule has 2 aliphatic heterocycles. The van der Waals surface area contributed by atoms with Gasteiger partial charge in [0.2, 0.25) is 11.8 Å². The van der Waals surface area contributed by atoms with Crippen molar-refractivity contribution in [1.29, 1.82) is 0 Å². The van der Waals surface area contributed by atoms with E-state index in [-0.39, 0.29) is 24.4 Å². The van der Waals surface area contributed by atoms with Gasteiger partial charge in [0.25, 0.3) is 0 Å². The van der Waals surface area contributed by atoms with Crippen molar-refractivity contribution in [3.8, 4) is 5.75 Å². The van der Waals surface area contributed by atoms with Crippen molar-refractivity contribution in [2.45, 2.75) is 50.8 Å². The average Bonchev–Trinajstić information content (AvgIpc) is 3.14. The normalized spacial score (nSPS) is 24.4. The van der Waals surface area contributed by atoms with Crippen LogP contribution >= 0.6 is 0 Å². The molecule has 1 N–H and O–H groups in total. The van der Waals surface area contributed by atoms with Gasteiger partial charge in [0.15, 0.2) is 0 Å². The van der Waals surface area contributed by atoms with Crippen LogP contribution in [0.5, 0.6) is 5.75 Å². The topological polar surface area (TPSA) is 89.4 Å². The van der Waals surface area contributed by atoms with Crippen LogP contribution in [-0.4, -0.2) is 50.2 Å². The van der Waals surface area contributed by atoms with Crippen LogP contribution in [0.4, 0.5) is 0 Å². The zero-order chi connectivity index (χ0) is 19.6. The average molecular weight is 383 g/mol. The Labute approximate surface area is 163 Å². The molecule has 148 valence electrons. The molecule has 2 amide bonds. The number of amides is 2. The first kappa shape index (κ1) is 18.5. The Morgan fingerprint density at radius 3 is 3.00 bits per heavy atom. The van der Waals surface area contributed by atoms with Gasteiger partial charge in [-0.2, -0.15) is 5.10 Å². The first-order valence-electron chi connectivity index (χ1n) is 9.76. The molecule has 1 fully saturated rings. The summed E-state index contributed by atoms with van der Waals surface area (Å²) < 4.78 is 7.94. The van der Waals surface area contributed by atoms with Gasteiger partial charge in [-0.25, -0.2) is 9.67 Å². The number of rotatable bonds is 4. The molecular formula is C20H25N5O3. The summed E-state index contributed by atoms with van der Waals surface area (Å²) in [4.78, 5) is 30.7. The van der Waals surface area contributed by atoms with Crippen LogP contribution in [0.25, 0.3) is 0 Å². The Hall–Kier alpha value is -2.90. The van der Waals surface area contributed by atoms with Gasteiger partial charge in [-0.15, -0.1) is 0 Å². The quantitative estimate of drug-likeness (QED) is 0.868. The molecule has 1 saturated heterocycles. The van der Waals surface area contributed by atoms with Crippen molar-refractivity contribution in [3.63, 3.8) is 0 Å². The SMILES string of the molecule is CCN1CC[C@]2(CCC1=O)C[C@@H](NC(=O)Cn1cncn1)c1ccccc1O2. The lowest BCUT2D eigenvalue weighted by atomic mass is 9.82. The minimum absolute atomic E-state index is 0.120. The molecule has 2 aliphatic rings. The van der Waals surface area contributed by atoms with E-state index in [1.165, 1.54) is 17.3 Å². The molecule has 2 aromatic rings. The molecular weight excluding hydrogens is 358 g/mol. The van der Waals surface area contributed by atoms with E-state index in [4.69, 9.17) is 4.74 Å². The van der Waals surface area contributed by atoms with Crippen molar-refractivity contribution in [3.05, 3.63) is 42.5 Å². The van der Waals surface area contributed by atoms with Crippen LogP contribution < -0.4 is 10.1 Å². The van der Waals surface area contributed by atoms with E-state index >= 15 is 0 Å². The van der Waals surface area contributed by atoms with Gasteiger partial charge in [0.1, 0.15) is 30.5 Å². The lowest BCUT2D eigenvalue weighted by molar-refractivity contribution is -0.130. The van der Waals surface area contributed by atoms with E-state index in [2.05, 4.69) is 15.4 Å². The second kappa shape index (κ2) is 7.61. The fraction of sp³-hybridized carbons (Fsp3) is 0.500. The molecule has 0 radical (unpaired) electrons. The van der Waals surface area contributed by atoms with Gasteiger partial charge in [0, 0.05) is 37.9 Å². The molecule has 3 heterocycles. The number of aromatic nitrogens is 3. The smallest absolute Gasteiger partial charge is 0.242 e. The second-order valence-corrected chi connectivity index (χ2v) is 7.46. The molecule has 2 atom stereocenters. The minimum atomic E-state index is -0.445. The maximum Gasteiger partial charge on any atom is 0.242 e. The highest BCUT2D eigenvalue weighted by Crippen LogP contribution is 2.44. The zero-order valence-corrected chi connectivity index (χ0v) is 16.0. The number of carbonyl (C=O) groups is 2. The van der Waals surface area contributed by atoms with Gasteiger partial charge in [0.05, 0.1) is 6.04 Å². The predicted molar refractivity (Wildman–Crippen MR) is 101 cm³/mol. The summed E-state index contributed by atoms with van der Waals surface area (Å²) in [6.45, 7) is 3.51. The van der Waals surface area contributed by atoms with Crippen molar-refractivity contribution >= 4 is 11.8 Å². The number of carbonyl (C=O) groups excluding carboxylic acids is 2. The highest BCUT2D eigenvalue weighted by atomic mass is 16.5. The molecule has 1 aromatic carbocycles. The van der Waals surface area contributed by atoms with Crippen LogP contribution in [0.3, 0.4) is 0 Å². The third-order valence-corrected chi connectivity index (χ3v) is 5.67. The van der Waals surface area contributed by atoms with Gasteiger partial charge >= 0.3 is 0 Å². The van der Waals surface area contributed by atoms with E-state index in [1.807, 2.05) is 36.1 Å². The van der Waals surface area contributed by atoms with Crippen molar-refractivity contribution in [2.24, 2.45) is 0 Å². The molecule has 4 rings (SSSR count). The summed E-state index contributed by atoms with van der Waals surface area (Å²) in [7, 11) is 0. The number of likely N-dealkylation sites (tertiary alicyclic amines) is 1. The molecule has 28 heavy (non-hydrogen) atoms. The van der Waals surface area contributed by atoms with Crippen molar-refractivity contribution in [1.82, 2.24) is 25.0 Å². The Kier molecular flexibility index (Phi) is 5.02. The molecule has 0 unspecified atom stereocenters. The predicted octanol–water partition coefficient (Wildman–Crippen LogP) is 1.69. The Morgan fingerprint density at radius 1 is 1.36 bits per heavy atom. The van der Waals surface area contributed by atoms with Crippen molar-refractivity contribution in [2.75, 3.05) is 13.1 Å². The van der Waals surface area contributed by atoms with Gasteiger partial charge < -0.3 is 15.0 Å². The Bertz CT molecular complexity index is 853. The number of fused-ring (bicyclic) bond motifs is 1. The van der Waals surface area contributed by atoms with Gasteiger partial charge in [-0.05, 0) is 19.4 Å². The second-order valence-electron chi connectivity index (χ2n) is 7.46. The minimum Gasteiger partial charge on any atom is -0.487 e. The summed E-state index contributed by atoms with van der Waals surface area (Å²) in [5.41, 5.74) is 0.530. The standard InChI is InChI=1S/C20H25N5O3/c1-2-24-10-9-20(8-7-19(24)27)11-16(15-5-3-4-6-17(15)28-20)23-18(26)12-25-14-21-13-22-25/h3-6,13-14,16H,2,7-12H2,1H3,(H,23,26)/t16-,20-/m1/s1. The zero-order valence-electron chi connectivity index (χ0n) is 16.0. The maximum absolute atomic E-state index is 12.6. The Morgan fingerprint density at radius 2 is 2.21 bits per heavy atom. The lowest BCUT2D eigenvalue weighted by Crippen LogP contribution is -2.46. The highest BCUT2D eigenvalue weighted by molar-refractivity contribution is 5.77. The lowest BCUT2D eigenvalue weighted by Gasteiger charge is -2.42. The molecule has 8 heteroatoms. The first-order chi connectivity index (χ1) is 13.6. The van der Waals surface area contributed by atoms with Crippen LogP contribution in [0.2, 0.25) is 0 Å². The van der Waals surface area contributed by atoms with Crippen LogP contribution in [0.15, 0.2) is 36.9 Å². The van der Waals surface area contributed by atoms with E-state index < -0.39 is 5.60 Å². The number of hydrogen-bond donors (Lipinski definition) is 1. The third-order valence-electron chi connectivity index (χ3n) is 5.67. The number of nitrogens with zero attached hydrogens (tertiary/aromatic N) is 4. The highest BCUT2D eigenvalue weighted by Gasteiger charge is 2.43. The maximum atomic E-state index is 12.6. The van der Waals surface area contributed by atoms with E-state index in [1.54, 1.807) is 0 Å². The number of ether oxygens (including phenoxy) is 1. The first-order valence-corrected chi connectivity index (χ1v) is 9.76. The number of para-hydroxylation sites is 1. The fourth-order valence-corrected chi connectivity index (χ4v) is 4.17. The summed E-state index contributed by atoms with van der Waals surface area (Å²) in [5, 5.41) is 7.13. The molecule has 8 nitrogen and oxygen atoms in total. The van der Waals surface area contributed by atoms with Crippen LogP contribution in [0.1, 0.15) is 44.2 Å². The fourth-order valence-electron chi connectivity index (χ4n) is 4.17. The molecule has 1 aromatic heterocycles. The van der Waals surface area contributed by atoms with E-state index in [0.29, 0.717) is 32.4 Å². The number of nitrogens with one attached hydrogen (secondary N) is 1.